The summed E-state index contributed by atoms with van der Waals surface area (Å²) in [5, 5.41) is 21.4. The molecule has 7 nitrogen and oxygen atoms in total. The van der Waals surface area contributed by atoms with Crippen LogP contribution in [-0.2, 0) is 25.7 Å². The van der Waals surface area contributed by atoms with Gasteiger partial charge in [0.1, 0.15) is 5.60 Å². The van der Waals surface area contributed by atoms with Crippen molar-refractivity contribution in [2.24, 2.45) is 12.0 Å². The van der Waals surface area contributed by atoms with Gasteiger partial charge < -0.3 is 15.7 Å². The molecule has 3 N–H and O–H groups in total. The molecule has 0 spiro atoms. The quantitative estimate of drug-likeness (QED) is 0.421. The standard InChI is InChI=1S/C22H36N6O/c1-6-23-21(25-17-22(4,29)20-14-26-27(5)16-20)24-13-18-9-11-19(12-10-18)15-28(7-2)8-3/h9-12,14,16,29H,6-8,13,15,17H2,1-5H3,(H2,23,24,25). The van der Waals surface area contributed by atoms with Crippen LogP contribution in [0.5, 0.6) is 0 Å². The minimum atomic E-state index is -1.03. The predicted molar refractivity (Wildman–Crippen MR) is 119 cm³/mol. The van der Waals surface area contributed by atoms with Crippen LogP contribution in [0, 0.1) is 0 Å². The third-order valence-electron chi connectivity index (χ3n) is 5.01. The molecule has 0 radical (unpaired) electrons. The summed E-state index contributed by atoms with van der Waals surface area (Å²) < 4.78 is 1.69. The Morgan fingerprint density at radius 1 is 1.14 bits per heavy atom. The molecule has 2 rings (SSSR count). The molecule has 0 aliphatic heterocycles. The highest BCUT2D eigenvalue weighted by Gasteiger charge is 2.24. The van der Waals surface area contributed by atoms with Gasteiger partial charge in [0.2, 0.25) is 0 Å². The molecule has 0 aliphatic carbocycles. The normalized spacial score (nSPS) is 14.1. The van der Waals surface area contributed by atoms with Gasteiger partial charge in [0.05, 0.1) is 19.3 Å². The van der Waals surface area contributed by atoms with Gasteiger partial charge in [-0.1, -0.05) is 38.1 Å². The van der Waals surface area contributed by atoms with Crippen LogP contribution >= 0.6 is 0 Å². The van der Waals surface area contributed by atoms with E-state index in [1.807, 2.05) is 20.2 Å². The first-order valence-corrected chi connectivity index (χ1v) is 10.4. The van der Waals surface area contributed by atoms with Crippen molar-refractivity contribution in [1.29, 1.82) is 0 Å². The van der Waals surface area contributed by atoms with Gasteiger partial charge in [-0.05, 0) is 38.1 Å². The first-order valence-electron chi connectivity index (χ1n) is 10.4. The number of aryl methyl sites for hydroxylation is 1. The Balaban J connectivity index is 1.96. The number of aliphatic hydroxyl groups is 1. The largest absolute Gasteiger partial charge is 0.383 e. The zero-order chi connectivity index (χ0) is 21.3. The van der Waals surface area contributed by atoms with Gasteiger partial charge in [0.25, 0.3) is 0 Å². The number of nitrogens with one attached hydrogen (secondary N) is 2. The average Bonchev–Trinajstić information content (AvgIpc) is 3.16. The number of aliphatic imine (C=N–C) groups is 1. The summed E-state index contributed by atoms with van der Waals surface area (Å²) in [5.41, 5.74) is 2.21. The second-order valence-corrected chi connectivity index (χ2v) is 7.50. The summed E-state index contributed by atoms with van der Waals surface area (Å²) >= 11 is 0. The first kappa shape index (κ1) is 22.9. The SMILES string of the molecule is CCNC(=NCc1ccc(CN(CC)CC)cc1)NCC(C)(O)c1cnn(C)c1. The predicted octanol–water partition coefficient (Wildman–Crippen LogP) is 2.22. The summed E-state index contributed by atoms with van der Waals surface area (Å²) in [6.07, 6.45) is 3.51. The van der Waals surface area contributed by atoms with Gasteiger partial charge in [-0.3, -0.25) is 9.58 Å². The van der Waals surface area contributed by atoms with Crippen molar-refractivity contribution < 1.29 is 5.11 Å². The topological polar surface area (TPSA) is 77.7 Å². The smallest absolute Gasteiger partial charge is 0.191 e. The van der Waals surface area contributed by atoms with Crippen molar-refractivity contribution in [3.63, 3.8) is 0 Å². The van der Waals surface area contributed by atoms with E-state index in [0.29, 0.717) is 19.0 Å². The number of rotatable bonds is 10. The van der Waals surface area contributed by atoms with Gasteiger partial charge in [-0.2, -0.15) is 5.10 Å². The Kier molecular flexibility index (Phi) is 8.67. The van der Waals surface area contributed by atoms with Crippen LogP contribution in [0.15, 0.2) is 41.7 Å². The third-order valence-corrected chi connectivity index (χ3v) is 5.01. The molecule has 0 amide bonds. The Bertz CT molecular complexity index is 762. The van der Waals surface area contributed by atoms with Crippen molar-refractivity contribution in [2.75, 3.05) is 26.2 Å². The fourth-order valence-corrected chi connectivity index (χ4v) is 3.02. The van der Waals surface area contributed by atoms with Gasteiger partial charge in [-0.15, -0.1) is 0 Å². The fourth-order valence-electron chi connectivity index (χ4n) is 3.02. The maximum absolute atomic E-state index is 10.7. The lowest BCUT2D eigenvalue weighted by atomic mass is 10.00. The monoisotopic (exact) mass is 400 g/mol. The zero-order valence-electron chi connectivity index (χ0n) is 18.4. The van der Waals surface area contributed by atoms with E-state index in [-0.39, 0.29) is 0 Å². The van der Waals surface area contributed by atoms with E-state index < -0.39 is 5.60 Å². The Morgan fingerprint density at radius 3 is 2.34 bits per heavy atom. The second-order valence-electron chi connectivity index (χ2n) is 7.50. The Morgan fingerprint density at radius 2 is 1.79 bits per heavy atom. The van der Waals surface area contributed by atoms with Crippen LogP contribution in [-0.4, -0.2) is 51.9 Å². The lowest BCUT2D eigenvalue weighted by Crippen LogP contribution is -2.44. The molecule has 1 heterocycles. The first-order chi connectivity index (χ1) is 13.9. The molecule has 0 aliphatic rings. The summed E-state index contributed by atoms with van der Waals surface area (Å²) in [6.45, 7) is 12.9. The van der Waals surface area contributed by atoms with Crippen molar-refractivity contribution in [2.45, 2.75) is 46.4 Å². The number of benzene rings is 1. The molecule has 1 aromatic carbocycles. The molecular formula is C22H36N6O. The molecule has 0 saturated carbocycles. The molecule has 1 unspecified atom stereocenters. The molecule has 0 saturated heterocycles. The van der Waals surface area contributed by atoms with E-state index in [2.05, 4.69) is 63.7 Å². The van der Waals surface area contributed by atoms with Crippen molar-refractivity contribution in [3.8, 4) is 0 Å². The maximum Gasteiger partial charge on any atom is 0.191 e. The van der Waals surface area contributed by atoms with Gasteiger partial charge in [0.15, 0.2) is 5.96 Å². The molecular weight excluding hydrogens is 364 g/mol. The highest BCUT2D eigenvalue weighted by molar-refractivity contribution is 5.79. The second kappa shape index (κ2) is 11.0. The lowest BCUT2D eigenvalue weighted by Gasteiger charge is -2.23. The van der Waals surface area contributed by atoms with E-state index >= 15 is 0 Å². The van der Waals surface area contributed by atoms with E-state index in [4.69, 9.17) is 0 Å². The fraction of sp³-hybridized carbons (Fsp3) is 0.545. The Hall–Kier alpha value is -2.38. The number of guanidine groups is 1. The molecule has 2 aromatic rings. The van der Waals surface area contributed by atoms with Gasteiger partial charge >= 0.3 is 0 Å². The van der Waals surface area contributed by atoms with Crippen molar-refractivity contribution >= 4 is 5.96 Å². The van der Waals surface area contributed by atoms with Crippen LogP contribution in [0.3, 0.4) is 0 Å². The molecule has 160 valence electrons. The summed E-state index contributed by atoms with van der Waals surface area (Å²) in [6, 6.07) is 8.63. The van der Waals surface area contributed by atoms with Crippen molar-refractivity contribution in [1.82, 2.24) is 25.3 Å². The van der Waals surface area contributed by atoms with Gasteiger partial charge in [-0.25, -0.2) is 4.99 Å². The third kappa shape index (κ3) is 7.18. The molecule has 0 bridgehead atoms. The zero-order valence-corrected chi connectivity index (χ0v) is 18.4. The number of hydrogen-bond acceptors (Lipinski definition) is 4. The lowest BCUT2D eigenvalue weighted by molar-refractivity contribution is 0.0616. The van der Waals surface area contributed by atoms with Crippen molar-refractivity contribution in [3.05, 3.63) is 53.3 Å². The minimum Gasteiger partial charge on any atom is -0.383 e. The average molecular weight is 401 g/mol. The number of hydrogen-bond donors (Lipinski definition) is 3. The van der Waals surface area contributed by atoms with E-state index in [0.717, 1.165) is 37.3 Å². The summed E-state index contributed by atoms with van der Waals surface area (Å²) in [4.78, 5) is 7.06. The molecule has 29 heavy (non-hydrogen) atoms. The minimum absolute atomic E-state index is 0.341. The molecule has 1 atom stereocenters. The summed E-state index contributed by atoms with van der Waals surface area (Å²) in [7, 11) is 1.84. The van der Waals surface area contributed by atoms with E-state index in [9.17, 15) is 5.11 Å². The van der Waals surface area contributed by atoms with Crippen LogP contribution in [0.2, 0.25) is 0 Å². The van der Waals surface area contributed by atoms with Crippen LogP contribution in [0.25, 0.3) is 0 Å². The highest BCUT2D eigenvalue weighted by atomic mass is 16.3. The molecule has 7 heteroatoms. The highest BCUT2D eigenvalue weighted by Crippen LogP contribution is 2.18. The molecule has 1 aromatic heterocycles. The van der Waals surface area contributed by atoms with E-state index in [1.54, 1.807) is 17.8 Å². The van der Waals surface area contributed by atoms with E-state index in [1.165, 1.54) is 5.56 Å². The van der Waals surface area contributed by atoms with Crippen LogP contribution < -0.4 is 10.6 Å². The number of aromatic nitrogens is 2. The van der Waals surface area contributed by atoms with Crippen LogP contribution in [0.1, 0.15) is 44.4 Å². The summed E-state index contributed by atoms with van der Waals surface area (Å²) in [5.74, 6) is 0.684. The molecule has 0 fully saturated rings. The number of nitrogens with zero attached hydrogens (tertiary/aromatic N) is 4. The maximum atomic E-state index is 10.7. The van der Waals surface area contributed by atoms with Gasteiger partial charge in [0, 0.05) is 31.9 Å². The Labute approximate surface area is 174 Å². The van der Waals surface area contributed by atoms with Crippen LogP contribution in [0.4, 0.5) is 0 Å².